The number of carbonyl (C=O) groups is 3. The first kappa shape index (κ1) is 17.2. The molecule has 0 bridgehead atoms. The lowest BCUT2D eigenvalue weighted by atomic mass is 10.3. The molecule has 0 aliphatic carbocycles. The third-order valence-corrected chi connectivity index (χ3v) is 5.57. The summed E-state index contributed by atoms with van der Waals surface area (Å²) in [6.07, 6.45) is 1.67. The van der Waals surface area contributed by atoms with Gasteiger partial charge in [-0.3, -0.25) is 19.3 Å². The second-order valence-corrected chi connectivity index (χ2v) is 8.06. The van der Waals surface area contributed by atoms with Gasteiger partial charge in [-0.05, 0) is 76.1 Å². The molecule has 0 atom stereocenters. The number of carbonyl (C=O) groups excluding carboxylic acids is 3. The predicted molar refractivity (Wildman–Crippen MR) is 105 cm³/mol. The van der Waals surface area contributed by atoms with E-state index in [1.165, 1.54) is 11.3 Å². The number of nitrogens with zero attached hydrogens (tertiary/aromatic N) is 1. The molecule has 0 radical (unpaired) electrons. The van der Waals surface area contributed by atoms with Crippen molar-refractivity contribution in [2.24, 2.45) is 0 Å². The van der Waals surface area contributed by atoms with Crippen molar-refractivity contribution in [1.82, 2.24) is 4.90 Å². The predicted octanol–water partition coefficient (Wildman–Crippen LogP) is 4.03. The number of anilines is 1. The minimum absolute atomic E-state index is 0.293. The molecule has 1 aromatic carbocycles. The molecule has 5 nitrogen and oxygen atoms in total. The van der Waals surface area contributed by atoms with Crippen molar-refractivity contribution in [3.8, 4) is 0 Å². The summed E-state index contributed by atoms with van der Waals surface area (Å²) >= 11 is 4.50. The van der Waals surface area contributed by atoms with E-state index in [4.69, 9.17) is 0 Å². The summed E-state index contributed by atoms with van der Waals surface area (Å²) in [4.78, 5) is 38.6. The molecule has 3 rings (SSSR count). The van der Waals surface area contributed by atoms with Crippen LogP contribution in [0.4, 0.5) is 10.5 Å². The summed E-state index contributed by atoms with van der Waals surface area (Å²) in [6, 6.07) is 11.0. The smallest absolute Gasteiger partial charge is 0.294 e. The van der Waals surface area contributed by atoms with Crippen molar-refractivity contribution in [1.29, 1.82) is 0 Å². The van der Waals surface area contributed by atoms with Crippen molar-refractivity contribution in [3.05, 3.63) is 55.1 Å². The highest BCUT2D eigenvalue weighted by Gasteiger charge is 2.36. The normalized spacial score (nSPS) is 16.0. The molecule has 0 unspecified atom stereocenters. The van der Waals surface area contributed by atoms with Gasteiger partial charge >= 0.3 is 0 Å². The van der Waals surface area contributed by atoms with Gasteiger partial charge in [0.15, 0.2) is 0 Å². The zero-order valence-corrected chi connectivity index (χ0v) is 16.0. The third-order valence-electron chi connectivity index (χ3n) is 3.12. The number of thiophene rings is 1. The number of halogens is 1. The van der Waals surface area contributed by atoms with E-state index in [9.17, 15) is 14.4 Å². The van der Waals surface area contributed by atoms with Crippen molar-refractivity contribution in [2.75, 3.05) is 11.9 Å². The Hall–Kier alpha value is -1.65. The number of hydrogen-bond donors (Lipinski definition) is 1. The van der Waals surface area contributed by atoms with Crippen molar-refractivity contribution in [2.45, 2.75) is 0 Å². The first-order chi connectivity index (χ1) is 11.5. The van der Waals surface area contributed by atoms with Crippen LogP contribution >= 0.6 is 45.7 Å². The number of amides is 3. The Kier molecular flexibility index (Phi) is 5.36. The summed E-state index contributed by atoms with van der Waals surface area (Å²) < 4.78 is 1.05. The standard InChI is InChI=1S/C16H11IN2O3S2/c17-10-3-5-11(6-4-10)18-14(20)9-19-15(21)13(24-16(19)22)8-12-2-1-7-23-12/h1-8H,9H2,(H,18,20)/b13-8+. The molecule has 1 aliphatic rings. The van der Waals surface area contributed by atoms with E-state index in [1.807, 2.05) is 29.6 Å². The number of hydrogen-bond acceptors (Lipinski definition) is 5. The lowest BCUT2D eigenvalue weighted by molar-refractivity contribution is -0.127. The Morgan fingerprint density at radius 3 is 2.62 bits per heavy atom. The summed E-state index contributed by atoms with van der Waals surface area (Å²) in [6.45, 7) is -0.293. The average molecular weight is 470 g/mol. The Labute approximate surface area is 160 Å². The van der Waals surface area contributed by atoms with Gasteiger partial charge in [0.05, 0.1) is 4.91 Å². The van der Waals surface area contributed by atoms with Crippen LogP contribution in [0.5, 0.6) is 0 Å². The van der Waals surface area contributed by atoms with Crippen LogP contribution in [0.15, 0.2) is 46.7 Å². The summed E-state index contributed by atoms with van der Waals surface area (Å²) in [7, 11) is 0. The van der Waals surface area contributed by atoms with Gasteiger partial charge in [0, 0.05) is 14.1 Å². The Balaban J connectivity index is 1.66. The zero-order chi connectivity index (χ0) is 17.1. The van der Waals surface area contributed by atoms with Gasteiger partial charge in [-0.2, -0.15) is 0 Å². The summed E-state index contributed by atoms with van der Waals surface area (Å²) in [5, 5.41) is 4.15. The van der Waals surface area contributed by atoms with Crippen molar-refractivity contribution < 1.29 is 14.4 Å². The molecule has 1 aliphatic heterocycles. The molecule has 0 spiro atoms. The van der Waals surface area contributed by atoms with E-state index >= 15 is 0 Å². The van der Waals surface area contributed by atoms with Gasteiger partial charge in [0.2, 0.25) is 5.91 Å². The molecule has 24 heavy (non-hydrogen) atoms. The van der Waals surface area contributed by atoms with Gasteiger partial charge in [0.25, 0.3) is 11.1 Å². The van der Waals surface area contributed by atoms with Crippen LogP contribution in [0.2, 0.25) is 0 Å². The van der Waals surface area contributed by atoms with Crippen LogP contribution < -0.4 is 5.32 Å². The maximum absolute atomic E-state index is 12.3. The SMILES string of the molecule is O=C(CN1C(=O)S/C(=C/c2cccs2)C1=O)Nc1ccc(I)cc1. The Morgan fingerprint density at radius 2 is 1.96 bits per heavy atom. The maximum Gasteiger partial charge on any atom is 0.294 e. The first-order valence-corrected chi connectivity index (χ1v) is 9.65. The van der Waals surface area contributed by atoms with E-state index in [0.717, 1.165) is 25.1 Å². The third kappa shape index (κ3) is 4.05. The van der Waals surface area contributed by atoms with E-state index < -0.39 is 17.1 Å². The maximum atomic E-state index is 12.3. The lowest BCUT2D eigenvalue weighted by Gasteiger charge is -2.12. The Morgan fingerprint density at radius 1 is 1.21 bits per heavy atom. The van der Waals surface area contributed by atoms with Crippen LogP contribution in [-0.4, -0.2) is 28.5 Å². The quantitative estimate of drug-likeness (QED) is 0.542. The molecule has 0 saturated carbocycles. The van der Waals surface area contributed by atoms with Crippen molar-refractivity contribution in [3.63, 3.8) is 0 Å². The first-order valence-electron chi connectivity index (χ1n) is 6.87. The molecule has 122 valence electrons. The van der Waals surface area contributed by atoms with Gasteiger partial charge in [-0.25, -0.2) is 0 Å². The van der Waals surface area contributed by atoms with Crippen LogP contribution in [-0.2, 0) is 9.59 Å². The summed E-state index contributed by atoms with van der Waals surface area (Å²) in [5.74, 6) is -0.841. The fourth-order valence-electron chi connectivity index (χ4n) is 2.02. The average Bonchev–Trinajstić information content (AvgIpc) is 3.14. The van der Waals surface area contributed by atoms with E-state index in [0.29, 0.717) is 10.6 Å². The molecular weight excluding hydrogens is 459 g/mol. The van der Waals surface area contributed by atoms with Crippen LogP contribution in [0.3, 0.4) is 0 Å². The molecule has 1 fully saturated rings. The van der Waals surface area contributed by atoms with Gasteiger partial charge < -0.3 is 5.32 Å². The van der Waals surface area contributed by atoms with Gasteiger partial charge in [-0.1, -0.05) is 6.07 Å². The van der Waals surface area contributed by atoms with E-state index in [2.05, 4.69) is 27.9 Å². The molecule has 3 amide bonds. The minimum atomic E-state index is -0.434. The van der Waals surface area contributed by atoms with E-state index in [1.54, 1.807) is 18.2 Å². The number of benzene rings is 1. The van der Waals surface area contributed by atoms with Crippen molar-refractivity contribution >= 4 is 74.5 Å². The molecule has 1 N–H and O–H groups in total. The topological polar surface area (TPSA) is 66.5 Å². The largest absolute Gasteiger partial charge is 0.325 e. The van der Waals surface area contributed by atoms with Gasteiger partial charge in [0.1, 0.15) is 6.54 Å². The number of imide groups is 1. The highest BCUT2D eigenvalue weighted by Crippen LogP contribution is 2.32. The highest BCUT2D eigenvalue weighted by molar-refractivity contribution is 14.1. The number of rotatable bonds is 4. The van der Waals surface area contributed by atoms with Crippen LogP contribution in [0.1, 0.15) is 4.88 Å². The summed E-state index contributed by atoms with van der Waals surface area (Å²) in [5.41, 5.74) is 0.626. The second kappa shape index (κ2) is 7.49. The monoisotopic (exact) mass is 470 g/mol. The minimum Gasteiger partial charge on any atom is -0.325 e. The van der Waals surface area contributed by atoms with Crippen LogP contribution in [0, 0.1) is 3.57 Å². The molecular formula is C16H11IN2O3S2. The van der Waals surface area contributed by atoms with E-state index in [-0.39, 0.29) is 6.54 Å². The molecule has 2 heterocycles. The zero-order valence-electron chi connectivity index (χ0n) is 12.2. The number of nitrogens with one attached hydrogen (secondary N) is 1. The molecule has 1 aromatic heterocycles. The Bertz CT molecular complexity index is 816. The molecule has 1 saturated heterocycles. The molecule has 2 aromatic rings. The van der Waals surface area contributed by atoms with Crippen LogP contribution in [0.25, 0.3) is 6.08 Å². The number of thioether (sulfide) groups is 1. The molecule has 8 heteroatoms. The second-order valence-electron chi connectivity index (χ2n) is 4.84. The highest BCUT2D eigenvalue weighted by atomic mass is 127. The lowest BCUT2D eigenvalue weighted by Crippen LogP contribution is -2.36. The fraction of sp³-hybridized carbons (Fsp3) is 0.0625. The fourth-order valence-corrected chi connectivity index (χ4v) is 3.94. The van der Waals surface area contributed by atoms with Gasteiger partial charge in [-0.15, -0.1) is 11.3 Å².